The van der Waals surface area contributed by atoms with Crippen LogP contribution in [0.2, 0.25) is 0 Å². The fraction of sp³-hybridized carbons (Fsp3) is 0.211. The van der Waals surface area contributed by atoms with Crippen molar-refractivity contribution in [3.8, 4) is 11.5 Å². The van der Waals surface area contributed by atoms with E-state index < -0.39 is 0 Å². The number of carbonyl (C=O) groups excluding carboxylic acids is 1. The van der Waals surface area contributed by atoms with E-state index in [-0.39, 0.29) is 5.91 Å². The summed E-state index contributed by atoms with van der Waals surface area (Å²) in [6.45, 7) is 3.98. The molecule has 2 aromatic carbocycles. The molecular formula is C19H19N3O2. The van der Waals surface area contributed by atoms with E-state index in [2.05, 4.69) is 15.5 Å². The lowest BCUT2D eigenvalue weighted by molar-refractivity contribution is -0.116. The van der Waals surface area contributed by atoms with E-state index in [1.54, 1.807) is 0 Å². The molecule has 3 rings (SSSR count). The lowest BCUT2D eigenvalue weighted by Gasteiger charge is -2.04. The van der Waals surface area contributed by atoms with E-state index >= 15 is 0 Å². The number of hydrogen-bond acceptors (Lipinski definition) is 4. The van der Waals surface area contributed by atoms with Crippen LogP contribution >= 0.6 is 0 Å². The minimum absolute atomic E-state index is 0.0729. The van der Waals surface area contributed by atoms with Gasteiger partial charge < -0.3 is 9.73 Å². The molecule has 0 atom stereocenters. The van der Waals surface area contributed by atoms with Crippen molar-refractivity contribution in [1.29, 1.82) is 0 Å². The molecule has 0 aliphatic heterocycles. The molecule has 0 unspecified atom stereocenters. The highest BCUT2D eigenvalue weighted by Gasteiger charge is 2.12. The molecular weight excluding hydrogens is 302 g/mol. The zero-order valence-electron chi connectivity index (χ0n) is 13.7. The maximum Gasteiger partial charge on any atom is 0.247 e. The van der Waals surface area contributed by atoms with Crippen molar-refractivity contribution < 1.29 is 9.21 Å². The standard InChI is InChI=1S/C19H19N3O2/c1-13-6-5-8-15(12-13)20-17(23)10-11-18-21-22-19(24-18)16-9-4-3-7-14(16)2/h3-9,12H,10-11H2,1-2H3,(H,20,23). The van der Waals surface area contributed by atoms with E-state index in [1.165, 1.54) is 0 Å². The van der Waals surface area contributed by atoms with E-state index in [0.717, 1.165) is 22.4 Å². The third-order valence-corrected chi connectivity index (χ3v) is 3.71. The molecule has 0 spiro atoms. The Morgan fingerprint density at radius 3 is 2.71 bits per heavy atom. The minimum Gasteiger partial charge on any atom is -0.421 e. The van der Waals surface area contributed by atoms with Crippen molar-refractivity contribution >= 4 is 11.6 Å². The molecule has 0 fully saturated rings. The van der Waals surface area contributed by atoms with E-state index in [0.29, 0.717) is 24.6 Å². The third kappa shape index (κ3) is 3.87. The molecule has 122 valence electrons. The Balaban J connectivity index is 1.59. The first-order valence-corrected chi connectivity index (χ1v) is 7.87. The van der Waals surface area contributed by atoms with Crippen molar-refractivity contribution in [2.45, 2.75) is 26.7 Å². The number of hydrogen-bond donors (Lipinski definition) is 1. The number of amides is 1. The summed E-state index contributed by atoms with van der Waals surface area (Å²) in [5.74, 6) is 0.881. The van der Waals surface area contributed by atoms with Crippen LogP contribution in [0.3, 0.4) is 0 Å². The summed E-state index contributed by atoms with van der Waals surface area (Å²) >= 11 is 0. The molecule has 1 N–H and O–H groups in total. The van der Waals surface area contributed by atoms with Crippen LogP contribution in [0.25, 0.3) is 11.5 Å². The van der Waals surface area contributed by atoms with Gasteiger partial charge >= 0.3 is 0 Å². The molecule has 0 saturated carbocycles. The fourth-order valence-electron chi connectivity index (χ4n) is 2.44. The molecule has 0 aliphatic carbocycles. The Hall–Kier alpha value is -2.95. The maximum absolute atomic E-state index is 12.0. The summed E-state index contributed by atoms with van der Waals surface area (Å²) < 4.78 is 5.67. The van der Waals surface area contributed by atoms with Gasteiger partial charge in [-0.3, -0.25) is 4.79 Å². The number of nitrogens with zero attached hydrogens (tertiary/aromatic N) is 2. The van der Waals surface area contributed by atoms with Gasteiger partial charge in [-0.15, -0.1) is 10.2 Å². The van der Waals surface area contributed by atoms with Gasteiger partial charge in [0.15, 0.2) is 0 Å². The summed E-state index contributed by atoms with van der Waals surface area (Å²) in [5, 5.41) is 11.0. The highest BCUT2D eigenvalue weighted by atomic mass is 16.4. The predicted octanol–water partition coefficient (Wildman–Crippen LogP) is 3.92. The van der Waals surface area contributed by atoms with E-state index in [1.807, 2.05) is 62.4 Å². The maximum atomic E-state index is 12.0. The largest absolute Gasteiger partial charge is 0.421 e. The second-order valence-electron chi connectivity index (χ2n) is 5.73. The predicted molar refractivity (Wildman–Crippen MR) is 92.6 cm³/mol. The Morgan fingerprint density at radius 2 is 1.92 bits per heavy atom. The van der Waals surface area contributed by atoms with E-state index in [9.17, 15) is 4.79 Å². The molecule has 1 amide bonds. The zero-order chi connectivity index (χ0) is 16.9. The monoisotopic (exact) mass is 321 g/mol. The van der Waals surface area contributed by atoms with Crippen LogP contribution in [0.1, 0.15) is 23.4 Å². The highest BCUT2D eigenvalue weighted by Crippen LogP contribution is 2.21. The van der Waals surface area contributed by atoms with Gasteiger partial charge in [0.1, 0.15) is 0 Å². The number of benzene rings is 2. The normalized spacial score (nSPS) is 10.6. The van der Waals surface area contributed by atoms with Gasteiger partial charge in [-0.2, -0.15) is 0 Å². The van der Waals surface area contributed by atoms with Gasteiger partial charge in [-0.25, -0.2) is 0 Å². The van der Waals surface area contributed by atoms with Gasteiger partial charge in [0, 0.05) is 24.1 Å². The summed E-state index contributed by atoms with van der Waals surface area (Å²) in [7, 11) is 0. The summed E-state index contributed by atoms with van der Waals surface area (Å²) in [4.78, 5) is 12.0. The molecule has 0 bridgehead atoms. The topological polar surface area (TPSA) is 68.0 Å². The first kappa shape index (κ1) is 15.9. The SMILES string of the molecule is Cc1cccc(NC(=O)CCc2nnc(-c3ccccc3C)o2)c1. The fourth-order valence-corrected chi connectivity index (χ4v) is 2.44. The number of nitrogens with one attached hydrogen (secondary N) is 1. The van der Waals surface area contributed by atoms with Crippen LogP contribution in [-0.4, -0.2) is 16.1 Å². The van der Waals surface area contributed by atoms with Gasteiger partial charge in [0.25, 0.3) is 0 Å². The Bertz CT molecular complexity index is 855. The van der Waals surface area contributed by atoms with Crippen LogP contribution in [0, 0.1) is 13.8 Å². The number of anilines is 1. The lowest BCUT2D eigenvalue weighted by atomic mass is 10.1. The number of carbonyl (C=O) groups is 1. The van der Waals surface area contributed by atoms with Crippen LogP contribution in [0.4, 0.5) is 5.69 Å². The van der Waals surface area contributed by atoms with Crippen LogP contribution in [-0.2, 0) is 11.2 Å². The smallest absolute Gasteiger partial charge is 0.247 e. The average molecular weight is 321 g/mol. The Morgan fingerprint density at radius 1 is 1.08 bits per heavy atom. The molecule has 1 aromatic heterocycles. The Labute approximate surface area is 140 Å². The summed E-state index contributed by atoms with van der Waals surface area (Å²) in [5.41, 5.74) is 3.89. The number of aromatic nitrogens is 2. The first-order chi connectivity index (χ1) is 11.6. The quantitative estimate of drug-likeness (QED) is 0.773. The van der Waals surface area contributed by atoms with Gasteiger partial charge in [0.05, 0.1) is 0 Å². The lowest BCUT2D eigenvalue weighted by Crippen LogP contribution is -2.12. The van der Waals surface area contributed by atoms with Crippen molar-refractivity contribution in [2.24, 2.45) is 0 Å². The van der Waals surface area contributed by atoms with Crippen LogP contribution in [0.5, 0.6) is 0 Å². The van der Waals surface area contributed by atoms with Crippen molar-refractivity contribution in [3.05, 3.63) is 65.5 Å². The highest BCUT2D eigenvalue weighted by molar-refractivity contribution is 5.90. The molecule has 1 heterocycles. The zero-order valence-corrected chi connectivity index (χ0v) is 13.7. The van der Waals surface area contributed by atoms with Crippen LogP contribution < -0.4 is 5.32 Å². The molecule has 3 aromatic rings. The second-order valence-corrected chi connectivity index (χ2v) is 5.73. The molecule has 24 heavy (non-hydrogen) atoms. The third-order valence-electron chi connectivity index (χ3n) is 3.71. The molecule has 5 heteroatoms. The average Bonchev–Trinajstić information content (AvgIpc) is 3.02. The minimum atomic E-state index is -0.0729. The first-order valence-electron chi connectivity index (χ1n) is 7.87. The molecule has 0 radical (unpaired) electrons. The van der Waals surface area contributed by atoms with Crippen LogP contribution in [0.15, 0.2) is 52.9 Å². The number of rotatable bonds is 5. The Kier molecular flexibility index (Phi) is 4.70. The number of aryl methyl sites for hydroxylation is 3. The molecule has 0 aliphatic rings. The van der Waals surface area contributed by atoms with Crippen molar-refractivity contribution in [2.75, 3.05) is 5.32 Å². The summed E-state index contributed by atoms with van der Waals surface area (Å²) in [6.07, 6.45) is 0.708. The van der Waals surface area contributed by atoms with Crippen molar-refractivity contribution in [1.82, 2.24) is 10.2 Å². The molecule has 5 nitrogen and oxygen atoms in total. The van der Waals surface area contributed by atoms with Gasteiger partial charge in [-0.1, -0.05) is 30.3 Å². The second kappa shape index (κ2) is 7.08. The van der Waals surface area contributed by atoms with Crippen molar-refractivity contribution in [3.63, 3.8) is 0 Å². The molecule has 0 saturated heterocycles. The summed E-state index contributed by atoms with van der Waals surface area (Å²) in [6, 6.07) is 15.5. The van der Waals surface area contributed by atoms with Gasteiger partial charge in [0.2, 0.25) is 17.7 Å². The van der Waals surface area contributed by atoms with E-state index in [4.69, 9.17) is 4.42 Å². The van der Waals surface area contributed by atoms with Gasteiger partial charge in [-0.05, 0) is 43.2 Å².